The van der Waals surface area contributed by atoms with Crippen molar-refractivity contribution in [3.8, 4) is 28.8 Å². The van der Waals surface area contributed by atoms with Gasteiger partial charge in [-0.1, -0.05) is 30.0 Å². The fourth-order valence-electron chi connectivity index (χ4n) is 3.25. The molecular weight excluding hydrogens is 410 g/mol. The van der Waals surface area contributed by atoms with Gasteiger partial charge in [-0.2, -0.15) is 5.26 Å². The second kappa shape index (κ2) is 8.90. The fourth-order valence-corrected chi connectivity index (χ4v) is 3.62. The predicted molar refractivity (Wildman–Crippen MR) is 122 cm³/mol. The summed E-state index contributed by atoms with van der Waals surface area (Å²) in [5, 5.41) is 14.8. The molecule has 0 unspecified atom stereocenters. The fraction of sp³-hybridized carbons (Fsp3) is 0.130. The number of nitrogens with zero attached hydrogens (tertiary/aromatic N) is 4. The zero-order valence-electron chi connectivity index (χ0n) is 17.2. The van der Waals surface area contributed by atoms with E-state index < -0.39 is 0 Å². The van der Waals surface area contributed by atoms with Gasteiger partial charge >= 0.3 is 0 Å². The number of hydrogen-bond acceptors (Lipinski definition) is 8. The van der Waals surface area contributed by atoms with Crippen LogP contribution in [-0.4, -0.2) is 35.4 Å². The number of methoxy groups -OCH3 is 2. The van der Waals surface area contributed by atoms with E-state index in [2.05, 4.69) is 26.3 Å². The standard InChI is InChI=1S/C23H19N5O2S/c1-29-18-10-9-15(12-19(18)30-2)20-16(13-24)22(28-23(27-20)31-3)26-17-8-4-6-14-7-5-11-25-21(14)17/h4-12H,1-3H3,(H,26,27,28). The maximum absolute atomic E-state index is 9.99. The number of nitriles is 1. The topological polar surface area (TPSA) is 93.0 Å². The number of nitrogens with one attached hydrogen (secondary N) is 1. The number of para-hydroxylation sites is 1. The lowest BCUT2D eigenvalue weighted by Crippen LogP contribution is -2.04. The van der Waals surface area contributed by atoms with Crippen LogP contribution in [0.5, 0.6) is 11.5 Å². The summed E-state index contributed by atoms with van der Waals surface area (Å²) in [6.07, 6.45) is 3.63. The zero-order chi connectivity index (χ0) is 21.8. The molecule has 7 nitrogen and oxygen atoms in total. The molecule has 8 heteroatoms. The van der Waals surface area contributed by atoms with E-state index >= 15 is 0 Å². The van der Waals surface area contributed by atoms with E-state index in [1.807, 2.05) is 42.7 Å². The molecule has 0 bridgehead atoms. The van der Waals surface area contributed by atoms with E-state index in [1.165, 1.54) is 11.8 Å². The van der Waals surface area contributed by atoms with Crippen LogP contribution >= 0.6 is 11.8 Å². The Balaban J connectivity index is 1.87. The van der Waals surface area contributed by atoms with Crippen molar-refractivity contribution in [3.05, 3.63) is 60.3 Å². The number of thioether (sulfide) groups is 1. The first-order valence-corrected chi connectivity index (χ1v) is 10.6. The summed E-state index contributed by atoms with van der Waals surface area (Å²) in [6, 6.07) is 17.4. The van der Waals surface area contributed by atoms with Gasteiger partial charge in [0.25, 0.3) is 0 Å². The van der Waals surface area contributed by atoms with Crippen LogP contribution in [0.3, 0.4) is 0 Å². The summed E-state index contributed by atoms with van der Waals surface area (Å²) in [5.74, 6) is 1.58. The van der Waals surface area contributed by atoms with E-state index in [9.17, 15) is 5.26 Å². The highest BCUT2D eigenvalue weighted by atomic mass is 32.2. The molecule has 154 valence electrons. The lowest BCUT2D eigenvalue weighted by Gasteiger charge is -2.14. The maximum atomic E-state index is 9.99. The van der Waals surface area contributed by atoms with Crippen LogP contribution in [0.4, 0.5) is 11.5 Å². The van der Waals surface area contributed by atoms with Gasteiger partial charge in [0.2, 0.25) is 0 Å². The number of pyridine rings is 1. The Kier molecular flexibility index (Phi) is 5.87. The number of anilines is 2. The Morgan fingerprint density at radius 3 is 2.55 bits per heavy atom. The van der Waals surface area contributed by atoms with E-state index in [-0.39, 0.29) is 0 Å². The average molecular weight is 430 g/mol. The average Bonchev–Trinajstić information content (AvgIpc) is 2.83. The lowest BCUT2D eigenvalue weighted by molar-refractivity contribution is 0.355. The number of aromatic nitrogens is 3. The molecule has 31 heavy (non-hydrogen) atoms. The number of hydrogen-bond donors (Lipinski definition) is 1. The van der Waals surface area contributed by atoms with E-state index in [1.54, 1.807) is 32.5 Å². The molecule has 0 aliphatic heterocycles. The molecule has 0 aliphatic rings. The minimum absolute atomic E-state index is 0.331. The molecule has 0 saturated carbocycles. The molecule has 0 fully saturated rings. The summed E-state index contributed by atoms with van der Waals surface area (Å²) in [5.41, 5.74) is 3.13. The van der Waals surface area contributed by atoms with Crippen molar-refractivity contribution in [2.75, 3.05) is 25.8 Å². The van der Waals surface area contributed by atoms with Gasteiger partial charge in [0.05, 0.1) is 31.1 Å². The molecule has 0 saturated heterocycles. The van der Waals surface area contributed by atoms with Crippen LogP contribution < -0.4 is 14.8 Å². The van der Waals surface area contributed by atoms with Crippen LogP contribution in [0, 0.1) is 11.3 Å². The van der Waals surface area contributed by atoms with Crippen molar-refractivity contribution in [1.82, 2.24) is 15.0 Å². The molecule has 4 rings (SSSR count). The molecule has 0 aliphatic carbocycles. The summed E-state index contributed by atoms with van der Waals surface area (Å²) in [6.45, 7) is 0. The Morgan fingerprint density at radius 2 is 1.81 bits per heavy atom. The first-order valence-electron chi connectivity index (χ1n) is 9.37. The van der Waals surface area contributed by atoms with Crippen molar-refractivity contribution in [2.24, 2.45) is 0 Å². The first-order chi connectivity index (χ1) is 15.2. The van der Waals surface area contributed by atoms with Crippen LogP contribution in [-0.2, 0) is 0 Å². The largest absolute Gasteiger partial charge is 0.493 e. The van der Waals surface area contributed by atoms with Gasteiger partial charge in [0, 0.05) is 17.1 Å². The third-order valence-corrected chi connectivity index (χ3v) is 5.27. The van der Waals surface area contributed by atoms with Crippen LogP contribution in [0.1, 0.15) is 5.56 Å². The minimum Gasteiger partial charge on any atom is -0.493 e. The molecular formula is C23H19N5O2S. The molecule has 2 aromatic heterocycles. The third-order valence-electron chi connectivity index (χ3n) is 4.73. The zero-order valence-corrected chi connectivity index (χ0v) is 18.0. The van der Waals surface area contributed by atoms with Gasteiger partial charge in [-0.15, -0.1) is 0 Å². The van der Waals surface area contributed by atoms with Gasteiger partial charge in [-0.05, 0) is 36.6 Å². The molecule has 0 spiro atoms. The Bertz CT molecular complexity index is 1300. The Labute approximate surface area is 184 Å². The SMILES string of the molecule is COc1ccc(-c2nc(SC)nc(Nc3cccc4cccnc34)c2C#N)cc1OC. The Morgan fingerprint density at radius 1 is 1.00 bits per heavy atom. The third kappa shape index (κ3) is 3.96. The predicted octanol–water partition coefficient (Wildman–Crippen LogP) is 5.05. The van der Waals surface area contributed by atoms with Gasteiger partial charge in [0.1, 0.15) is 11.6 Å². The van der Waals surface area contributed by atoms with Gasteiger partial charge in [-0.25, -0.2) is 9.97 Å². The highest BCUT2D eigenvalue weighted by Gasteiger charge is 2.18. The molecule has 0 amide bonds. The smallest absolute Gasteiger partial charge is 0.189 e. The quantitative estimate of drug-likeness (QED) is 0.336. The highest BCUT2D eigenvalue weighted by Crippen LogP contribution is 2.36. The van der Waals surface area contributed by atoms with E-state index in [0.29, 0.717) is 33.7 Å². The second-order valence-corrected chi connectivity index (χ2v) is 7.24. The highest BCUT2D eigenvalue weighted by molar-refractivity contribution is 7.98. The normalized spacial score (nSPS) is 10.5. The van der Waals surface area contributed by atoms with Crippen molar-refractivity contribution in [3.63, 3.8) is 0 Å². The molecule has 4 aromatic rings. The van der Waals surface area contributed by atoms with E-state index in [4.69, 9.17) is 9.47 Å². The second-order valence-electron chi connectivity index (χ2n) is 6.47. The minimum atomic E-state index is 0.331. The summed E-state index contributed by atoms with van der Waals surface area (Å²) in [4.78, 5) is 13.6. The lowest BCUT2D eigenvalue weighted by atomic mass is 10.1. The van der Waals surface area contributed by atoms with Crippen LogP contribution in [0.2, 0.25) is 0 Å². The summed E-state index contributed by atoms with van der Waals surface area (Å²) >= 11 is 1.40. The number of benzene rings is 2. The summed E-state index contributed by atoms with van der Waals surface area (Å²) in [7, 11) is 3.15. The van der Waals surface area contributed by atoms with Gasteiger partial charge in [-0.3, -0.25) is 4.98 Å². The monoisotopic (exact) mass is 429 g/mol. The number of fused-ring (bicyclic) bond motifs is 1. The van der Waals surface area contributed by atoms with Crippen molar-refractivity contribution < 1.29 is 9.47 Å². The van der Waals surface area contributed by atoms with Crippen LogP contribution in [0.25, 0.3) is 22.2 Å². The molecule has 1 N–H and O–H groups in total. The first kappa shape index (κ1) is 20.4. The number of ether oxygens (including phenoxy) is 2. The van der Waals surface area contributed by atoms with Gasteiger partial charge in [0.15, 0.2) is 22.5 Å². The molecule has 0 radical (unpaired) electrons. The summed E-state index contributed by atoms with van der Waals surface area (Å²) < 4.78 is 10.7. The van der Waals surface area contributed by atoms with E-state index in [0.717, 1.165) is 22.2 Å². The number of rotatable bonds is 6. The van der Waals surface area contributed by atoms with Crippen molar-refractivity contribution >= 4 is 34.2 Å². The van der Waals surface area contributed by atoms with Crippen molar-refractivity contribution in [1.29, 1.82) is 5.26 Å². The molecule has 2 aromatic carbocycles. The van der Waals surface area contributed by atoms with Crippen LogP contribution in [0.15, 0.2) is 59.9 Å². The van der Waals surface area contributed by atoms with Crippen molar-refractivity contribution in [2.45, 2.75) is 5.16 Å². The molecule has 2 heterocycles. The molecule has 0 atom stereocenters. The maximum Gasteiger partial charge on any atom is 0.189 e. The Hall–Kier alpha value is -3.83. The van der Waals surface area contributed by atoms with Gasteiger partial charge < -0.3 is 14.8 Å².